The van der Waals surface area contributed by atoms with E-state index in [2.05, 4.69) is 22.0 Å². The van der Waals surface area contributed by atoms with Gasteiger partial charge in [0.2, 0.25) is 0 Å². The Kier molecular flexibility index (Phi) is 6.98. The molecule has 3 nitrogen and oxygen atoms in total. The molecule has 1 saturated heterocycles. The van der Waals surface area contributed by atoms with Crippen molar-refractivity contribution in [2.24, 2.45) is 0 Å². The van der Waals surface area contributed by atoms with E-state index in [1.165, 1.54) is 58.5 Å². The first kappa shape index (κ1) is 12.9. The number of hydrogen-bond donors (Lipinski definition) is 1. The van der Waals surface area contributed by atoms with E-state index < -0.39 is 0 Å². The Bertz CT molecular complexity index is 144. The molecule has 0 aromatic heterocycles. The second kappa shape index (κ2) is 8.08. The smallest absolute Gasteiger partial charge is 0.0107 e. The Morgan fingerprint density at radius 1 is 1.20 bits per heavy atom. The molecule has 0 aliphatic carbocycles. The molecule has 1 aliphatic heterocycles. The van der Waals surface area contributed by atoms with E-state index in [4.69, 9.17) is 0 Å². The Hall–Kier alpha value is -0.120. The topological polar surface area (TPSA) is 18.5 Å². The van der Waals surface area contributed by atoms with E-state index in [1.807, 2.05) is 7.05 Å². The molecule has 1 N–H and O–H groups in total. The van der Waals surface area contributed by atoms with Gasteiger partial charge >= 0.3 is 0 Å². The summed E-state index contributed by atoms with van der Waals surface area (Å²) >= 11 is 0. The summed E-state index contributed by atoms with van der Waals surface area (Å²) in [5.41, 5.74) is 0. The van der Waals surface area contributed by atoms with Crippen LogP contribution in [0.15, 0.2) is 0 Å². The van der Waals surface area contributed by atoms with Crippen LogP contribution in [-0.2, 0) is 0 Å². The Morgan fingerprint density at radius 3 is 2.53 bits per heavy atom. The standard InChI is InChI=1S/C12H27N3/c1-3-14(12-7-13-2)10-6-11-15-8-4-5-9-15/h13H,3-12H2,1-2H3. The van der Waals surface area contributed by atoms with Crippen molar-refractivity contribution in [3.8, 4) is 0 Å². The Morgan fingerprint density at radius 2 is 1.93 bits per heavy atom. The van der Waals surface area contributed by atoms with Gasteiger partial charge in [0.05, 0.1) is 0 Å². The Labute approximate surface area is 94.8 Å². The molecular formula is C12H27N3. The summed E-state index contributed by atoms with van der Waals surface area (Å²) in [5.74, 6) is 0. The minimum Gasteiger partial charge on any atom is -0.318 e. The maximum absolute atomic E-state index is 3.21. The first-order chi connectivity index (χ1) is 7.36. The zero-order chi connectivity index (χ0) is 10.9. The van der Waals surface area contributed by atoms with Crippen LogP contribution >= 0.6 is 0 Å². The van der Waals surface area contributed by atoms with Crippen LogP contribution in [0.5, 0.6) is 0 Å². The number of nitrogens with zero attached hydrogens (tertiary/aromatic N) is 2. The lowest BCUT2D eigenvalue weighted by atomic mass is 10.3. The van der Waals surface area contributed by atoms with Gasteiger partial charge in [0.15, 0.2) is 0 Å². The molecule has 0 spiro atoms. The van der Waals surface area contributed by atoms with Crippen LogP contribution < -0.4 is 5.32 Å². The van der Waals surface area contributed by atoms with Gasteiger partial charge in [-0.3, -0.25) is 0 Å². The maximum Gasteiger partial charge on any atom is 0.0107 e. The third kappa shape index (κ3) is 5.50. The van der Waals surface area contributed by atoms with Crippen molar-refractivity contribution in [2.45, 2.75) is 26.2 Å². The molecule has 0 amide bonds. The number of likely N-dealkylation sites (N-methyl/N-ethyl adjacent to an activating group) is 2. The van der Waals surface area contributed by atoms with Crippen molar-refractivity contribution >= 4 is 0 Å². The summed E-state index contributed by atoms with van der Waals surface area (Å²) in [7, 11) is 2.03. The third-order valence-corrected chi connectivity index (χ3v) is 3.27. The molecule has 0 aromatic rings. The highest BCUT2D eigenvalue weighted by Crippen LogP contribution is 2.07. The molecule has 0 bridgehead atoms. The highest BCUT2D eigenvalue weighted by molar-refractivity contribution is 4.67. The number of rotatable bonds is 8. The third-order valence-electron chi connectivity index (χ3n) is 3.27. The van der Waals surface area contributed by atoms with Gasteiger partial charge in [0.25, 0.3) is 0 Å². The fourth-order valence-corrected chi connectivity index (χ4v) is 2.22. The number of nitrogens with one attached hydrogen (secondary N) is 1. The molecule has 90 valence electrons. The monoisotopic (exact) mass is 213 g/mol. The van der Waals surface area contributed by atoms with Crippen molar-refractivity contribution in [3.05, 3.63) is 0 Å². The molecule has 3 heteroatoms. The highest BCUT2D eigenvalue weighted by atomic mass is 15.2. The number of hydrogen-bond acceptors (Lipinski definition) is 3. The first-order valence-electron chi connectivity index (χ1n) is 6.46. The van der Waals surface area contributed by atoms with E-state index in [-0.39, 0.29) is 0 Å². The fourth-order valence-electron chi connectivity index (χ4n) is 2.22. The summed E-state index contributed by atoms with van der Waals surface area (Å²) in [6.07, 6.45) is 4.16. The van der Waals surface area contributed by atoms with Crippen LogP contribution in [0.1, 0.15) is 26.2 Å². The van der Waals surface area contributed by atoms with Gasteiger partial charge in [-0.15, -0.1) is 0 Å². The van der Waals surface area contributed by atoms with Crippen molar-refractivity contribution in [1.82, 2.24) is 15.1 Å². The zero-order valence-corrected chi connectivity index (χ0v) is 10.5. The molecule has 1 rings (SSSR count). The van der Waals surface area contributed by atoms with E-state index in [0.717, 1.165) is 6.54 Å². The molecule has 1 fully saturated rings. The van der Waals surface area contributed by atoms with Gasteiger partial charge in [0.1, 0.15) is 0 Å². The van der Waals surface area contributed by atoms with E-state index in [1.54, 1.807) is 0 Å². The lowest BCUT2D eigenvalue weighted by molar-refractivity contribution is 0.255. The van der Waals surface area contributed by atoms with Gasteiger partial charge < -0.3 is 15.1 Å². The van der Waals surface area contributed by atoms with Crippen LogP contribution in [0.25, 0.3) is 0 Å². The van der Waals surface area contributed by atoms with Crippen LogP contribution in [0, 0.1) is 0 Å². The van der Waals surface area contributed by atoms with Crippen LogP contribution in [0.2, 0.25) is 0 Å². The van der Waals surface area contributed by atoms with Gasteiger partial charge in [-0.1, -0.05) is 6.92 Å². The fraction of sp³-hybridized carbons (Fsp3) is 1.00. The Balaban J connectivity index is 2.00. The van der Waals surface area contributed by atoms with Crippen LogP contribution in [0.3, 0.4) is 0 Å². The van der Waals surface area contributed by atoms with Gasteiger partial charge in [0, 0.05) is 13.1 Å². The highest BCUT2D eigenvalue weighted by Gasteiger charge is 2.10. The second-order valence-electron chi connectivity index (χ2n) is 4.44. The van der Waals surface area contributed by atoms with E-state index in [9.17, 15) is 0 Å². The predicted molar refractivity (Wildman–Crippen MR) is 66.3 cm³/mol. The van der Waals surface area contributed by atoms with Crippen molar-refractivity contribution in [2.75, 3.05) is 52.9 Å². The van der Waals surface area contributed by atoms with Crippen molar-refractivity contribution in [3.63, 3.8) is 0 Å². The lowest BCUT2D eigenvalue weighted by Crippen LogP contribution is -2.33. The molecule has 0 unspecified atom stereocenters. The number of likely N-dealkylation sites (tertiary alicyclic amines) is 1. The molecule has 1 aliphatic rings. The lowest BCUT2D eigenvalue weighted by Gasteiger charge is -2.22. The minimum atomic E-state index is 1.11. The molecule has 0 saturated carbocycles. The minimum absolute atomic E-state index is 1.11. The maximum atomic E-state index is 3.21. The molecule has 15 heavy (non-hydrogen) atoms. The zero-order valence-electron chi connectivity index (χ0n) is 10.5. The average Bonchev–Trinajstić information content (AvgIpc) is 2.76. The van der Waals surface area contributed by atoms with E-state index in [0.29, 0.717) is 0 Å². The molecule has 0 aromatic carbocycles. The summed E-state index contributed by atoms with van der Waals surface area (Å²) in [6, 6.07) is 0. The summed E-state index contributed by atoms with van der Waals surface area (Å²) in [6.45, 7) is 11.0. The van der Waals surface area contributed by atoms with Crippen molar-refractivity contribution < 1.29 is 0 Å². The summed E-state index contributed by atoms with van der Waals surface area (Å²) in [4.78, 5) is 5.14. The van der Waals surface area contributed by atoms with Crippen molar-refractivity contribution in [1.29, 1.82) is 0 Å². The summed E-state index contributed by atoms with van der Waals surface area (Å²) < 4.78 is 0. The van der Waals surface area contributed by atoms with Gasteiger partial charge in [-0.05, 0) is 59.0 Å². The summed E-state index contributed by atoms with van der Waals surface area (Å²) in [5, 5.41) is 3.21. The van der Waals surface area contributed by atoms with Crippen LogP contribution in [-0.4, -0.2) is 62.7 Å². The quantitative estimate of drug-likeness (QED) is 0.649. The predicted octanol–water partition coefficient (Wildman–Crippen LogP) is 1.01. The molecule has 1 heterocycles. The molecule has 0 atom stereocenters. The second-order valence-corrected chi connectivity index (χ2v) is 4.44. The van der Waals surface area contributed by atoms with Crippen LogP contribution in [0.4, 0.5) is 0 Å². The largest absolute Gasteiger partial charge is 0.318 e. The SMILES string of the molecule is CCN(CCCN1CCCC1)CCNC. The average molecular weight is 213 g/mol. The van der Waals surface area contributed by atoms with Gasteiger partial charge in [-0.25, -0.2) is 0 Å². The molecule has 0 radical (unpaired) electrons. The molecular weight excluding hydrogens is 186 g/mol. The first-order valence-corrected chi connectivity index (χ1v) is 6.46. The van der Waals surface area contributed by atoms with Gasteiger partial charge in [-0.2, -0.15) is 0 Å². The van der Waals surface area contributed by atoms with E-state index >= 15 is 0 Å². The normalized spacial score (nSPS) is 17.8.